The molecule has 4 atom stereocenters. The molecule has 4 unspecified atom stereocenters. The van der Waals surface area contributed by atoms with Crippen molar-refractivity contribution in [1.82, 2.24) is 0 Å². The van der Waals surface area contributed by atoms with Crippen LogP contribution in [0.5, 0.6) is 5.75 Å². The third-order valence-electron chi connectivity index (χ3n) is 8.80. The van der Waals surface area contributed by atoms with Gasteiger partial charge < -0.3 is 4.74 Å². The minimum atomic E-state index is -0.300. The van der Waals surface area contributed by atoms with Crippen LogP contribution in [0.3, 0.4) is 0 Å². The molecule has 1 aromatic rings. The standard InChI is InChI=1S/C28H41FO2/c1-2-3-4-6-20-9-11-21(12-10-20)22-13-18-26-23(19-22)7-5-8-27(26)28(30)31-25-16-14-24(29)15-17-25/h14-17,20-23,26-27H,2-13,18-19H2,1H3. The van der Waals surface area contributed by atoms with Crippen molar-refractivity contribution < 1.29 is 13.9 Å². The van der Waals surface area contributed by atoms with Crippen LogP contribution in [0, 0.1) is 41.3 Å². The van der Waals surface area contributed by atoms with Crippen molar-refractivity contribution in [2.45, 2.75) is 96.8 Å². The molecule has 0 bridgehead atoms. The van der Waals surface area contributed by atoms with Gasteiger partial charge in [0.2, 0.25) is 0 Å². The van der Waals surface area contributed by atoms with Crippen molar-refractivity contribution in [2.24, 2.45) is 35.5 Å². The molecular weight excluding hydrogens is 387 g/mol. The third-order valence-corrected chi connectivity index (χ3v) is 8.80. The van der Waals surface area contributed by atoms with Crippen molar-refractivity contribution in [3.63, 3.8) is 0 Å². The van der Waals surface area contributed by atoms with Crippen molar-refractivity contribution >= 4 is 5.97 Å². The second-order valence-corrected chi connectivity index (χ2v) is 10.7. The zero-order chi connectivity index (χ0) is 21.6. The molecule has 172 valence electrons. The highest BCUT2D eigenvalue weighted by molar-refractivity contribution is 5.75. The summed E-state index contributed by atoms with van der Waals surface area (Å²) in [5.74, 6) is 4.08. The van der Waals surface area contributed by atoms with Crippen LogP contribution >= 0.6 is 0 Å². The van der Waals surface area contributed by atoms with Crippen molar-refractivity contribution in [1.29, 1.82) is 0 Å². The molecule has 0 N–H and O–H groups in total. The minimum Gasteiger partial charge on any atom is -0.426 e. The number of rotatable bonds is 7. The average molecular weight is 429 g/mol. The molecule has 3 fully saturated rings. The van der Waals surface area contributed by atoms with Gasteiger partial charge in [-0.05, 0) is 92.4 Å². The van der Waals surface area contributed by atoms with Gasteiger partial charge in [-0.15, -0.1) is 0 Å². The minimum absolute atomic E-state index is 0.0269. The Balaban J connectivity index is 1.27. The van der Waals surface area contributed by atoms with E-state index in [1.165, 1.54) is 89.2 Å². The predicted molar refractivity (Wildman–Crippen MR) is 123 cm³/mol. The number of hydrogen-bond donors (Lipinski definition) is 0. The molecule has 0 aromatic heterocycles. The zero-order valence-corrected chi connectivity index (χ0v) is 19.4. The van der Waals surface area contributed by atoms with E-state index in [1.807, 2.05) is 0 Å². The number of unbranched alkanes of at least 4 members (excludes halogenated alkanes) is 2. The van der Waals surface area contributed by atoms with E-state index in [0.717, 1.165) is 30.6 Å². The normalized spacial score (nSPS) is 33.5. The van der Waals surface area contributed by atoms with Gasteiger partial charge in [0, 0.05) is 0 Å². The molecule has 3 aliphatic carbocycles. The van der Waals surface area contributed by atoms with E-state index in [2.05, 4.69) is 6.92 Å². The molecule has 2 nitrogen and oxygen atoms in total. The van der Waals surface area contributed by atoms with Crippen LogP contribution in [0.25, 0.3) is 0 Å². The largest absolute Gasteiger partial charge is 0.426 e. The Kier molecular flexibility index (Phi) is 8.07. The van der Waals surface area contributed by atoms with Gasteiger partial charge in [0.25, 0.3) is 0 Å². The number of esters is 1. The maximum absolute atomic E-state index is 13.1. The Labute approximate surface area is 188 Å². The number of benzene rings is 1. The Hall–Kier alpha value is -1.38. The Morgan fingerprint density at radius 3 is 2.39 bits per heavy atom. The lowest BCUT2D eigenvalue weighted by Gasteiger charge is -2.46. The van der Waals surface area contributed by atoms with E-state index in [9.17, 15) is 9.18 Å². The van der Waals surface area contributed by atoms with Crippen LogP contribution in [-0.4, -0.2) is 5.97 Å². The van der Waals surface area contributed by atoms with Gasteiger partial charge in [-0.2, -0.15) is 0 Å². The summed E-state index contributed by atoms with van der Waals surface area (Å²) in [6.07, 6.45) is 18.6. The first-order valence-corrected chi connectivity index (χ1v) is 13.1. The summed E-state index contributed by atoms with van der Waals surface area (Å²) in [5, 5.41) is 0. The lowest BCUT2D eigenvalue weighted by molar-refractivity contribution is -0.144. The Bertz CT molecular complexity index is 691. The number of hydrogen-bond acceptors (Lipinski definition) is 2. The van der Waals surface area contributed by atoms with Gasteiger partial charge in [0.15, 0.2) is 0 Å². The Morgan fingerprint density at radius 1 is 0.903 bits per heavy atom. The van der Waals surface area contributed by atoms with Gasteiger partial charge in [0.05, 0.1) is 5.92 Å². The molecule has 31 heavy (non-hydrogen) atoms. The second kappa shape index (κ2) is 11.0. The Morgan fingerprint density at radius 2 is 1.65 bits per heavy atom. The predicted octanol–water partition coefficient (Wildman–Crippen LogP) is 7.95. The molecule has 0 heterocycles. The lowest BCUT2D eigenvalue weighted by atomic mass is 9.59. The topological polar surface area (TPSA) is 26.3 Å². The molecule has 0 radical (unpaired) electrons. The summed E-state index contributed by atoms with van der Waals surface area (Å²) >= 11 is 0. The summed E-state index contributed by atoms with van der Waals surface area (Å²) in [6, 6.07) is 5.83. The molecule has 3 saturated carbocycles. The molecule has 0 spiro atoms. The molecule has 0 saturated heterocycles. The summed E-state index contributed by atoms with van der Waals surface area (Å²) in [5.41, 5.74) is 0. The average Bonchev–Trinajstić information content (AvgIpc) is 2.80. The molecule has 1 aromatic carbocycles. The first-order valence-electron chi connectivity index (χ1n) is 13.1. The van der Waals surface area contributed by atoms with Crippen LogP contribution in [-0.2, 0) is 4.79 Å². The quantitative estimate of drug-likeness (QED) is 0.250. The molecule has 0 aliphatic heterocycles. The third kappa shape index (κ3) is 5.90. The van der Waals surface area contributed by atoms with Crippen molar-refractivity contribution in [3.8, 4) is 5.75 Å². The fourth-order valence-corrected chi connectivity index (χ4v) is 7.05. The fraction of sp³-hybridized carbons (Fsp3) is 0.750. The summed E-state index contributed by atoms with van der Waals surface area (Å²) in [7, 11) is 0. The van der Waals surface area contributed by atoms with E-state index < -0.39 is 0 Å². The van der Waals surface area contributed by atoms with Gasteiger partial charge in [-0.25, -0.2) is 4.39 Å². The smallest absolute Gasteiger partial charge is 0.314 e. The first kappa shape index (κ1) is 22.8. The SMILES string of the molecule is CCCCCC1CCC(C2CCC3C(CCCC3C(=O)Oc3ccc(F)cc3)C2)CC1. The van der Waals surface area contributed by atoms with Gasteiger partial charge in [-0.1, -0.05) is 58.3 Å². The summed E-state index contributed by atoms with van der Waals surface area (Å²) < 4.78 is 18.8. The van der Waals surface area contributed by atoms with E-state index >= 15 is 0 Å². The fourth-order valence-electron chi connectivity index (χ4n) is 7.05. The van der Waals surface area contributed by atoms with E-state index in [1.54, 1.807) is 12.1 Å². The molecule has 4 rings (SSSR count). The highest BCUT2D eigenvalue weighted by Crippen LogP contribution is 2.50. The highest BCUT2D eigenvalue weighted by Gasteiger charge is 2.43. The van der Waals surface area contributed by atoms with E-state index in [4.69, 9.17) is 4.74 Å². The van der Waals surface area contributed by atoms with Crippen LogP contribution < -0.4 is 4.74 Å². The van der Waals surface area contributed by atoms with Gasteiger partial charge in [0.1, 0.15) is 11.6 Å². The van der Waals surface area contributed by atoms with Crippen molar-refractivity contribution in [3.05, 3.63) is 30.1 Å². The highest BCUT2D eigenvalue weighted by atomic mass is 19.1. The van der Waals surface area contributed by atoms with Crippen LogP contribution in [0.15, 0.2) is 24.3 Å². The number of carbonyl (C=O) groups excluding carboxylic acids is 1. The van der Waals surface area contributed by atoms with Crippen LogP contribution in [0.4, 0.5) is 4.39 Å². The summed E-state index contributed by atoms with van der Waals surface area (Å²) in [4.78, 5) is 12.9. The van der Waals surface area contributed by atoms with Gasteiger partial charge in [-0.3, -0.25) is 4.79 Å². The lowest BCUT2D eigenvalue weighted by Crippen LogP contribution is -2.40. The first-order chi connectivity index (χ1) is 15.1. The number of carbonyl (C=O) groups is 1. The monoisotopic (exact) mass is 428 g/mol. The maximum Gasteiger partial charge on any atom is 0.314 e. The number of halogens is 1. The van der Waals surface area contributed by atoms with E-state index in [0.29, 0.717) is 17.6 Å². The molecule has 0 amide bonds. The number of ether oxygens (including phenoxy) is 1. The van der Waals surface area contributed by atoms with Gasteiger partial charge >= 0.3 is 5.97 Å². The second-order valence-electron chi connectivity index (χ2n) is 10.7. The maximum atomic E-state index is 13.1. The number of fused-ring (bicyclic) bond motifs is 1. The summed E-state index contributed by atoms with van der Waals surface area (Å²) in [6.45, 7) is 2.30. The van der Waals surface area contributed by atoms with E-state index in [-0.39, 0.29) is 17.7 Å². The van der Waals surface area contributed by atoms with Crippen LogP contribution in [0.1, 0.15) is 96.8 Å². The molecule has 3 heteroatoms. The van der Waals surface area contributed by atoms with Crippen molar-refractivity contribution in [2.75, 3.05) is 0 Å². The zero-order valence-electron chi connectivity index (χ0n) is 19.4. The molecule has 3 aliphatic rings. The van der Waals surface area contributed by atoms with Crippen LogP contribution in [0.2, 0.25) is 0 Å². The molecular formula is C28H41FO2.